The minimum Gasteiger partial charge on any atom is -0.496 e. The number of Topliss-reactive ketones (excluding diaryl/α,β-unsaturated/α-hetero) is 1. The molecular weight excluding hydrogens is 288 g/mol. The largest absolute Gasteiger partial charge is 0.496 e. The molecule has 0 saturated carbocycles. The summed E-state index contributed by atoms with van der Waals surface area (Å²) in [6, 6.07) is 13.0. The number of para-hydroxylation sites is 1. The zero-order valence-corrected chi connectivity index (χ0v) is 12.7. The van der Waals surface area contributed by atoms with Crippen LogP contribution in [0, 0.1) is 0 Å². The summed E-state index contributed by atoms with van der Waals surface area (Å²) in [5.74, 6) is 0.307. The van der Waals surface area contributed by atoms with Gasteiger partial charge in [0, 0.05) is 11.1 Å². The summed E-state index contributed by atoms with van der Waals surface area (Å²) in [5.41, 5.74) is 1.10. The van der Waals surface area contributed by atoms with Gasteiger partial charge in [0.2, 0.25) is 0 Å². The molecule has 0 atom stereocenters. The average molecular weight is 304 g/mol. The van der Waals surface area contributed by atoms with Gasteiger partial charge in [-0.25, -0.2) is 8.42 Å². The van der Waals surface area contributed by atoms with Gasteiger partial charge in [0.05, 0.1) is 17.8 Å². The maximum absolute atomic E-state index is 12.4. The molecule has 0 fully saturated rings. The van der Waals surface area contributed by atoms with Gasteiger partial charge in [0.15, 0.2) is 15.6 Å². The van der Waals surface area contributed by atoms with Gasteiger partial charge in [-0.2, -0.15) is 0 Å². The SMILES string of the molecule is COc1ccccc1CS(=O)(=O)c1ccc(C(C)=O)cc1. The minimum atomic E-state index is -3.48. The van der Waals surface area contributed by atoms with Crippen LogP contribution in [0.1, 0.15) is 22.8 Å². The summed E-state index contributed by atoms with van der Waals surface area (Å²) in [6.07, 6.45) is 0. The Labute approximate surface area is 124 Å². The molecule has 2 aromatic rings. The molecule has 0 aliphatic heterocycles. The average Bonchev–Trinajstić information content (AvgIpc) is 2.47. The lowest BCUT2D eigenvalue weighted by atomic mass is 10.2. The number of carbonyl (C=O) groups is 1. The van der Waals surface area contributed by atoms with Crippen molar-refractivity contribution in [2.45, 2.75) is 17.6 Å². The number of ketones is 1. The van der Waals surface area contributed by atoms with Crippen LogP contribution in [0.15, 0.2) is 53.4 Å². The number of sulfone groups is 1. The highest BCUT2D eigenvalue weighted by atomic mass is 32.2. The lowest BCUT2D eigenvalue weighted by molar-refractivity contribution is 0.101. The highest BCUT2D eigenvalue weighted by Gasteiger charge is 2.17. The fraction of sp³-hybridized carbons (Fsp3) is 0.188. The molecule has 5 heteroatoms. The van der Waals surface area contributed by atoms with Gasteiger partial charge in [0.25, 0.3) is 0 Å². The molecule has 0 amide bonds. The highest BCUT2D eigenvalue weighted by Crippen LogP contribution is 2.23. The van der Waals surface area contributed by atoms with Crippen LogP contribution in [-0.4, -0.2) is 21.3 Å². The van der Waals surface area contributed by atoms with Gasteiger partial charge in [0.1, 0.15) is 5.75 Å². The van der Waals surface area contributed by atoms with E-state index in [0.717, 1.165) is 0 Å². The Kier molecular flexibility index (Phi) is 4.43. The molecule has 0 aliphatic rings. The number of rotatable bonds is 5. The van der Waals surface area contributed by atoms with E-state index in [1.165, 1.54) is 38.3 Å². The third-order valence-corrected chi connectivity index (χ3v) is 4.84. The molecule has 0 aromatic heterocycles. The first kappa shape index (κ1) is 15.3. The van der Waals surface area contributed by atoms with Crippen molar-refractivity contribution in [1.29, 1.82) is 0 Å². The van der Waals surface area contributed by atoms with Crippen molar-refractivity contribution < 1.29 is 17.9 Å². The fourth-order valence-corrected chi connectivity index (χ4v) is 3.37. The summed E-state index contributed by atoms with van der Waals surface area (Å²) in [4.78, 5) is 11.4. The zero-order chi connectivity index (χ0) is 15.5. The van der Waals surface area contributed by atoms with E-state index in [1.807, 2.05) is 0 Å². The van der Waals surface area contributed by atoms with E-state index in [-0.39, 0.29) is 16.4 Å². The summed E-state index contributed by atoms with van der Waals surface area (Å²) < 4.78 is 30.0. The predicted molar refractivity (Wildman–Crippen MR) is 80.3 cm³/mol. The molecule has 0 N–H and O–H groups in total. The van der Waals surface area contributed by atoms with Crippen LogP contribution in [0.4, 0.5) is 0 Å². The third-order valence-electron chi connectivity index (χ3n) is 3.16. The van der Waals surface area contributed by atoms with Crippen LogP contribution in [0.5, 0.6) is 5.75 Å². The Morgan fingerprint density at radius 2 is 1.67 bits per heavy atom. The van der Waals surface area contributed by atoms with Gasteiger partial charge in [-0.3, -0.25) is 4.79 Å². The topological polar surface area (TPSA) is 60.4 Å². The van der Waals surface area contributed by atoms with E-state index in [0.29, 0.717) is 16.9 Å². The Bertz CT molecular complexity index is 746. The second kappa shape index (κ2) is 6.10. The van der Waals surface area contributed by atoms with Crippen molar-refractivity contribution in [3.8, 4) is 5.75 Å². The molecule has 0 radical (unpaired) electrons. The molecule has 0 saturated heterocycles. The van der Waals surface area contributed by atoms with Crippen molar-refractivity contribution in [1.82, 2.24) is 0 Å². The maximum Gasteiger partial charge on any atom is 0.182 e. The number of hydrogen-bond donors (Lipinski definition) is 0. The highest BCUT2D eigenvalue weighted by molar-refractivity contribution is 7.90. The van der Waals surface area contributed by atoms with Crippen LogP contribution in [0.2, 0.25) is 0 Å². The number of ether oxygens (including phenoxy) is 1. The Balaban J connectivity index is 2.32. The van der Waals surface area contributed by atoms with Gasteiger partial charge >= 0.3 is 0 Å². The molecule has 110 valence electrons. The van der Waals surface area contributed by atoms with Crippen molar-refractivity contribution in [3.05, 3.63) is 59.7 Å². The smallest absolute Gasteiger partial charge is 0.182 e. The number of hydrogen-bond acceptors (Lipinski definition) is 4. The van der Waals surface area contributed by atoms with E-state index in [1.54, 1.807) is 24.3 Å². The Morgan fingerprint density at radius 3 is 2.24 bits per heavy atom. The second-order valence-electron chi connectivity index (χ2n) is 4.65. The summed E-state index contributed by atoms with van der Waals surface area (Å²) in [6.45, 7) is 1.44. The lowest BCUT2D eigenvalue weighted by Gasteiger charge is -2.09. The fourth-order valence-electron chi connectivity index (χ4n) is 2.01. The van der Waals surface area contributed by atoms with Crippen LogP contribution in [0.3, 0.4) is 0 Å². The first-order valence-corrected chi connectivity index (χ1v) is 8.05. The van der Waals surface area contributed by atoms with Crippen LogP contribution in [-0.2, 0) is 15.6 Å². The predicted octanol–water partition coefficient (Wildman–Crippen LogP) is 2.87. The van der Waals surface area contributed by atoms with Gasteiger partial charge in [-0.15, -0.1) is 0 Å². The summed E-state index contributed by atoms with van der Waals surface area (Å²) in [7, 11) is -1.97. The number of carbonyl (C=O) groups excluding carboxylic acids is 1. The Hall–Kier alpha value is -2.14. The maximum atomic E-state index is 12.4. The zero-order valence-electron chi connectivity index (χ0n) is 11.9. The van der Waals surface area contributed by atoms with E-state index in [9.17, 15) is 13.2 Å². The monoisotopic (exact) mass is 304 g/mol. The van der Waals surface area contributed by atoms with Crippen molar-refractivity contribution in [2.75, 3.05) is 7.11 Å². The molecule has 21 heavy (non-hydrogen) atoms. The Morgan fingerprint density at radius 1 is 1.05 bits per heavy atom. The van der Waals surface area contributed by atoms with Crippen molar-refractivity contribution in [3.63, 3.8) is 0 Å². The van der Waals surface area contributed by atoms with E-state index in [2.05, 4.69) is 0 Å². The second-order valence-corrected chi connectivity index (χ2v) is 6.64. The third kappa shape index (κ3) is 3.49. The normalized spacial score (nSPS) is 11.1. The summed E-state index contributed by atoms with van der Waals surface area (Å²) in [5, 5.41) is 0. The van der Waals surface area contributed by atoms with Gasteiger partial charge in [-0.05, 0) is 25.1 Å². The van der Waals surface area contributed by atoms with Gasteiger partial charge < -0.3 is 4.74 Å². The van der Waals surface area contributed by atoms with E-state index < -0.39 is 9.84 Å². The molecule has 2 rings (SSSR count). The lowest BCUT2D eigenvalue weighted by Crippen LogP contribution is -2.06. The molecule has 2 aromatic carbocycles. The first-order chi connectivity index (χ1) is 9.94. The van der Waals surface area contributed by atoms with Crippen LogP contribution in [0.25, 0.3) is 0 Å². The van der Waals surface area contributed by atoms with E-state index in [4.69, 9.17) is 4.74 Å². The number of methoxy groups -OCH3 is 1. The summed E-state index contributed by atoms with van der Waals surface area (Å²) >= 11 is 0. The number of benzene rings is 2. The van der Waals surface area contributed by atoms with Crippen molar-refractivity contribution >= 4 is 15.6 Å². The molecule has 0 spiro atoms. The molecule has 0 bridgehead atoms. The first-order valence-electron chi connectivity index (χ1n) is 6.39. The van der Waals surface area contributed by atoms with E-state index >= 15 is 0 Å². The molecule has 0 heterocycles. The van der Waals surface area contributed by atoms with Crippen LogP contribution < -0.4 is 4.74 Å². The quantitative estimate of drug-likeness (QED) is 0.797. The molecular formula is C16H16O4S. The molecule has 0 aliphatic carbocycles. The molecule has 0 unspecified atom stereocenters. The van der Waals surface area contributed by atoms with Crippen LogP contribution >= 0.6 is 0 Å². The standard InChI is InChI=1S/C16H16O4S/c1-12(17)13-7-9-15(10-8-13)21(18,19)11-14-5-3-4-6-16(14)20-2/h3-10H,11H2,1-2H3. The minimum absolute atomic E-state index is 0.0938. The van der Waals surface area contributed by atoms with Gasteiger partial charge in [-0.1, -0.05) is 30.3 Å². The molecule has 4 nitrogen and oxygen atoms in total. The van der Waals surface area contributed by atoms with Crippen molar-refractivity contribution in [2.24, 2.45) is 0 Å².